The summed E-state index contributed by atoms with van der Waals surface area (Å²) in [5.74, 6) is -0.139. The molecule has 0 aromatic heterocycles. The molecule has 25 heavy (non-hydrogen) atoms. The number of carbonyl (C=O) groups is 1. The Morgan fingerprint density at radius 1 is 1.16 bits per heavy atom. The molecule has 0 radical (unpaired) electrons. The maximum Gasteiger partial charge on any atom is 0.243 e. The van der Waals surface area contributed by atoms with Gasteiger partial charge in [0.05, 0.1) is 16.5 Å². The number of nitrogens with zero attached hydrogens (tertiary/aromatic N) is 2. The lowest BCUT2D eigenvalue weighted by atomic mass is 9.97. The van der Waals surface area contributed by atoms with Crippen molar-refractivity contribution in [3.05, 3.63) is 23.3 Å². The van der Waals surface area contributed by atoms with Crippen LogP contribution in [0.25, 0.3) is 0 Å². The molecular formula is C19H26N2O3S. The molecule has 0 unspecified atom stereocenters. The van der Waals surface area contributed by atoms with Crippen LogP contribution in [0, 0.1) is 0 Å². The van der Waals surface area contributed by atoms with Crippen LogP contribution in [0.5, 0.6) is 0 Å². The predicted molar refractivity (Wildman–Crippen MR) is 97.4 cm³/mol. The molecule has 1 amide bonds. The van der Waals surface area contributed by atoms with Crippen LogP contribution in [0.4, 0.5) is 5.69 Å². The Kier molecular flexibility index (Phi) is 4.15. The molecule has 0 saturated carbocycles. The molecule has 0 N–H and O–H groups in total. The molecule has 3 aliphatic rings. The number of sulfonamides is 1. The minimum absolute atomic E-state index is 0.0962. The van der Waals surface area contributed by atoms with E-state index in [4.69, 9.17) is 0 Å². The van der Waals surface area contributed by atoms with Crippen LogP contribution in [0.15, 0.2) is 17.0 Å². The van der Waals surface area contributed by atoms with E-state index in [1.54, 1.807) is 10.4 Å². The molecule has 0 spiro atoms. The summed E-state index contributed by atoms with van der Waals surface area (Å²) < 4.78 is 28.4. The molecule has 2 atom stereocenters. The average Bonchev–Trinajstić information content (AvgIpc) is 2.88. The van der Waals surface area contributed by atoms with E-state index in [0.717, 1.165) is 61.9 Å². The molecule has 1 fully saturated rings. The Morgan fingerprint density at radius 3 is 2.72 bits per heavy atom. The molecular weight excluding hydrogens is 336 g/mol. The van der Waals surface area contributed by atoms with Gasteiger partial charge in [-0.25, -0.2) is 8.42 Å². The van der Waals surface area contributed by atoms with E-state index in [1.165, 1.54) is 0 Å². The first-order valence-corrected chi connectivity index (χ1v) is 10.9. The van der Waals surface area contributed by atoms with Gasteiger partial charge < -0.3 is 4.90 Å². The second kappa shape index (κ2) is 6.09. The molecule has 3 heterocycles. The highest BCUT2D eigenvalue weighted by Gasteiger charge is 2.40. The third kappa shape index (κ3) is 2.53. The van der Waals surface area contributed by atoms with Gasteiger partial charge in [-0.1, -0.05) is 13.3 Å². The number of aryl methyl sites for hydroxylation is 1. The first-order valence-electron chi connectivity index (χ1n) is 9.45. The highest BCUT2D eigenvalue weighted by molar-refractivity contribution is 7.89. The van der Waals surface area contributed by atoms with Crippen LogP contribution in [-0.2, 0) is 21.2 Å². The van der Waals surface area contributed by atoms with E-state index in [9.17, 15) is 13.2 Å². The zero-order chi connectivity index (χ0) is 17.8. The van der Waals surface area contributed by atoms with Gasteiger partial charge in [0.1, 0.15) is 0 Å². The van der Waals surface area contributed by atoms with Crippen molar-refractivity contribution in [1.29, 1.82) is 0 Å². The van der Waals surface area contributed by atoms with Gasteiger partial charge in [-0.05, 0) is 62.3 Å². The predicted octanol–water partition coefficient (Wildman–Crippen LogP) is 3.04. The van der Waals surface area contributed by atoms with Crippen LogP contribution < -0.4 is 4.90 Å². The second-order valence-corrected chi connectivity index (χ2v) is 9.40. The average molecular weight is 362 g/mol. The monoisotopic (exact) mass is 362 g/mol. The van der Waals surface area contributed by atoms with E-state index in [-0.39, 0.29) is 17.9 Å². The fourth-order valence-corrected chi connectivity index (χ4v) is 6.50. The Labute approximate surface area is 150 Å². The van der Waals surface area contributed by atoms with Crippen molar-refractivity contribution >= 4 is 21.6 Å². The fraction of sp³-hybridized carbons (Fsp3) is 0.632. The van der Waals surface area contributed by atoms with Gasteiger partial charge in [0.25, 0.3) is 0 Å². The summed E-state index contributed by atoms with van der Waals surface area (Å²) in [7, 11) is -3.51. The van der Waals surface area contributed by atoms with Crippen LogP contribution in [0.1, 0.15) is 63.0 Å². The Hall–Kier alpha value is -1.40. The van der Waals surface area contributed by atoms with Crippen LogP contribution in [0.3, 0.4) is 0 Å². The molecule has 6 heteroatoms. The van der Waals surface area contributed by atoms with Gasteiger partial charge >= 0.3 is 0 Å². The lowest BCUT2D eigenvalue weighted by molar-refractivity contribution is -0.119. The van der Waals surface area contributed by atoms with Gasteiger partial charge in [0.2, 0.25) is 15.9 Å². The van der Waals surface area contributed by atoms with Gasteiger partial charge in [-0.2, -0.15) is 4.31 Å². The molecule has 1 aromatic rings. The standard InChI is InChI=1S/C19H26N2O3S/c1-3-15-8-4-5-10-21(15)25(23,24)16-11-14-7-6-9-20-18(14)17(12-16)13(2)19(20)22/h11-13,15H,3-10H2,1-2H3/t13-,15+/m0/s1. The quantitative estimate of drug-likeness (QED) is 0.830. The summed E-state index contributed by atoms with van der Waals surface area (Å²) in [6.45, 7) is 5.30. The number of rotatable bonds is 3. The zero-order valence-corrected chi connectivity index (χ0v) is 15.8. The van der Waals surface area contributed by atoms with Crippen molar-refractivity contribution in [1.82, 2.24) is 4.31 Å². The van der Waals surface area contributed by atoms with E-state index in [2.05, 4.69) is 6.92 Å². The Balaban J connectivity index is 1.81. The molecule has 136 valence electrons. The van der Waals surface area contributed by atoms with Crippen molar-refractivity contribution in [2.75, 3.05) is 18.0 Å². The van der Waals surface area contributed by atoms with E-state index in [0.29, 0.717) is 11.4 Å². The number of anilines is 1. The normalized spacial score (nSPS) is 26.8. The van der Waals surface area contributed by atoms with Gasteiger partial charge in [-0.15, -0.1) is 0 Å². The Morgan fingerprint density at radius 2 is 1.96 bits per heavy atom. The molecule has 0 bridgehead atoms. The number of carbonyl (C=O) groups excluding carboxylic acids is 1. The van der Waals surface area contributed by atoms with Crippen LogP contribution in [-0.4, -0.2) is 37.8 Å². The minimum Gasteiger partial charge on any atom is -0.311 e. The summed E-state index contributed by atoms with van der Waals surface area (Å²) in [6.07, 6.45) is 5.56. The summed E-state index contributed by atoms with van der Waals surface area (Å²) in [6, 6.07) is 3.69. The van der Waals surface area contributed by atoms with Crippen molar-refractivity contribution < 1.29 is 13.2 Å². The second-order valence-electron chi connectivity index (χ2n) is 7.51. The number of amides is 1. The third-order valence-corrected chi connectivity index (χ3v) is 7.97. The number of hydrogen-bond donors (Lipinski definition) is 0. The van der Waals surface area contributed by atoms with E-state index < -0.39 is 10.0 Å². The van der Waals surface area contributed by atoms with Crippen molar-refractivity contribution in [3.8, 4) is 0 Å². The molecule has 3 aliphatic heterocycles. The number of benzene rings is 1. The van der Waals surface area contributed by atoms with Crippen LogP contribution in [0.2, 0.25) is 0 Å². The van der Waals surface area contributed by atoms with Crippen molar-refractivity contribution in [2.45, 2.75) is 69.2 Å². The van der Waals surface area contributed by atoms with Gasteiger partial charge in [0.15, 0.2) is 0 Å². The smallest absolute Gasteiger partial charge is 0.243 e. The fourth-order valence-electron chi connectivity index (χ4n) is 4.65. The number of piperidine rings is 1. The topological polar surface area (TPSA) is 57.7 Å². The summed E-state index contributed by atoms with van der Waals surface area (Å²) in [4.78, 5) is 14.7. The molecule has 1 saturated heterocycles. The maximum atomic E-state index is 13.3. The molecule has 5 nitrogen and oxygen atoms in total. The van der Waals surface area contributed by atoms with E-state index >= 15 is 0 Å². The third-order valence-electron chi connectivity index (χ3n) is 6.04. The van der Waals surface area contributed by atoms with Crippen LogP contribution >= 0.6 is 0 Å². The zero-order valence-electron chi connectivity index (χ0n) is 15.0. The molecule has 4 rings (SSSR count). The lowest BCUT2D eigenvalue weighted by Crippen LogP contribution is -2.43. The SMILES string of the molecule is CC[C@@H]1CCCCN1S(=O)(=O)c1cc2c3c(c1)[C@H](C)C(=O)N3CCC2. The minimum atomic E-state index is -3.51. The summed E-state index contributed by atoms with van der Waals surface area (Å²) >= 11 is 0. The largest absolute Gasteiger partial charge is 0.311 e. The first kappa shape index (κ1) is 17.0. The van der Waals surface area contributed by atoms with Crippen molar-refractivity contribution in [3.63, 3.8) is 0 Å². The highest BCUT2D eigenvalue weighted by atomic mass is 32.2. The summed E-state index contributed by atoms with van der Waals surface area (Å²) in [5, 5.41) is 0. The maximum absolute atomic E-state index is 13.3. The van der Waals surface area contributed by atoms with Gasteiger partial charge in [-0.3, -0.25) is 4.79 Å². The first-order chi connectivity index (χ1) is 11.9. The van der Waals surface area contributed by atoms with E-state index in [1.807, 2.05) is 17.9 Å². The summed E-state index contributed by atoms with van der Waals surface area (Å²) in [5.41, 5.74) is 2.89. The Bertz CT molecular complexity index is 818. The van der Waals surface area contributed by atoms with Crippen molar-refractivity contribution in [2.24, 2.45) is 0 Å². The molecule has 1 aromatic carbocycles. The number of hydrogen-bond acceptors (Lipinski definition) is 3. The lowest BCUT2D eigenvalue weighted by Gasteiger charge is -2.34. The van der Waals surface area contributed by atoms with Gasteiger partial charge in [0, 0.05) is 19.1 Å². The molecule has 0 aliphatic carbocycles. The highest BCUT2D eigenvalue weighted by Crippen LogP contribution is 2.44.